The fourth-order valence-electron chi connectivity index (χ4n) is 0.968. The standard InChI is InChI=1S/C9H5Cl5N2O2/c10-7(15-8(11)9(12,13)14)5-1-3-6(4-2-5)16(17)18/h1-4,8H/b15-7-. The number of nitro benzene ring substituents is 1. The van der Waals surface area contributed by atoms with Gasteiger partial charge in [0.05, 0.1) is 4.92 Å². The Morgan fingerprint density at radius 3 is 2.17 bits per heavy atom. The first-order valence-electron chi connectivity index (χ1n) is 4.40. The number of benzene rings is 1. The number of non-ortho nitro benzene ring substituents is 1. The summed E-state index contributed by atoms with van der Waals surface area (Å²) in [5.74, 6) is 0. The minimum absolute atomic E-state index is 0.00350. The van der Waals surface area contributed by atoms with Gasteiger partial charge in [-0.1, -0.05) is 58.0 Å². The Labute approximate surface area is 128 Å². The van der Waals surface area contributed by atoms with E-state index < -0.39 is 14.2 Å². The van der Waals surface area contributed by atoms with Crippen molar-refractivity contribution in [1.82, 2.24) is 0 Å². The molecule has 0 spiro atoms. The molecule has 0 amide bonds. The lowest BCUT2D eigenvalue weighted by molar-refractivity contribution is -0.384. The van der Waals surface area contributed by atoms with Crippen molar-refractivity contribution < 1.29 is 4.92 Å². The average Bonchev–Trinajstić information content (AvgIpc) is 2.27. The maximum Gasteiger partial charge on any atom is 0.269 e. The van der Waals surface area contributed by atoms with E-state index in [1.807, 2.05) is 0 Å². The van der Waals surface area contributed by atoms with E-state index in [1.165, 1.54) is 24.3 Å². The minimum atomic E-state index is -1.79. The molecule has 4 nitrogen and oxygen atoms in total. The van der Waals surface area contributed by atoms with Gasteiger partial charge in [-0.3, -0.25) is 10.1 Å². The molecule has 0 N–H and O–H groups in total. The Hall–Kier alpha value is -0.260. The highest BCUT2D eigenvalue weighted by Crippen LogP contribution is 2.35. The monoisotopic (exact) mass is 348 g/mol. The molecule has 98 valence electrons. The summed E-state index contributed by atoms with van der Waals surface area (Å²) in [4.78, 5) is 13.7. The number of alkyl halides is 4. The Kier molecular flexibility index (Phi) is 5.49. The van der Waals surface area contributed by atoms with E-state index in [2.05, 4.69) is 4.99 Å². The van der Waals surface area contributed by atoms with Gasteiger partial charge in [0.1, 0.15) is 5.17 Å². The van der Waals surface area contributed by atoms with Gasteiger partial charge in [0.25, 0.3) is 5.69 Å². The topological polar surface area (TPSA) is 55.5 Å². The number of hydrogen-bond donors (Lipinski definition) is 0. The Balaban J connectivity index is 2.94. The average molecular weight is 350 g/mol. The SMILES string of the molecule is O=[N+]([O-])c1ccc(/C(Cl)=N/C(Cl)C(Cl)(Cl)Cl)cc1. The van der Waals surface area contributed by atoms with E-state index in [0.29, 0.717) is 5.56 Å². The van der Waals surface area contributed by atoms with E-state index in [-0.39, 0.29) is 10.9 Å². The van der Waals surface area contributed by atoms with Crippen LogP contribution >= 0.6 is 58.0 Å². The molecule has 0 aromatic heterocycles. The lowest BCUT2D eigenvalue weighted by atomic mass is 10.2. The predicted molar refractivity (Wildman–Crippen MR) is 75.4 cm³/mol. The van der Waals surface area contributed by atoms with Crippen LogP contribution in [-0.2, 0) is 0 Å². The van der Waals surface area contributed by atoms with Crippen LogP contribution < -0.4 is 0 Å². The van der Waals surface area contributed by atoms with Gasteiger partial charge in [-0.05, 0) is 12.1 Å². The summed E-state index contributed by atoms with van der Waals surface area (Å²) in [7, 11) is 0. The first-order chi connectivity index (χ1) is 8.21. The quantitative estimate of drug-likeness (QED) is 0.265. The van der Waals surface area contributed by atoms with Crippen LogP contribution in [0, 0.1) is 10.1 Å². The second kappa shape index (κ2) is 6.26. The summed E-state index contributed by atoms with van der Waals surface area (Å²) < 4.78 is -1.79. The number of nitrogens with zero attached hydrogens (tertiary/aromatic N) is 2. The Bertz CT molecular complexity index is 469. The molecule has 1 rings (SSSR count). The van der Waals surface area contributed by atoms with Crippen LogP contribution in [0.2, 0.25) is 0 Å². The highest BCUT2D eigenvalue weighted by Gasteiger charge is 2.30. The van der Waals surface area contributed by atoms with E-state index in [0.717, 1.165) is 0 Å². The van der Waals surface area contributed by atoms with Crippen LogP contribution in [0.5, 0.6) is 0 Å². The number of hydrogen-bond acceptors (Lipinski definition) is 3. The molecular weight excluding hydrogens is 345 g/mol. The summed E-state index contributed by atoms with van der Waals surface area (Å²) >= 11 is 28.1. The molecule has 1 unspecified atom stereocenters. The van der Waals surface area contributed by atoms with Gasteiger partial charge in [-0.25, -0.2) is 4.99 Å². The fraction of sp³-hybridized carbons (Fsp3) is 0.222. The number of aliphatic imine (C=N–C) groups is 1. The van der Waals surface area contributed by atoms with Gasteiger partial charge in [0.15, 0.2) is 5.50 Å². The lowest BCUT2D eigenvalue weighted by Gasteiger charge is -2.14. The normalized spacial score (nSPS) is 14.4. The molecule has 0 aliphatic rings. The number of nitro groups is 1. The summed E-state index contributed by atoms with van der Waals surface area (Å²) in [6, 6.07) is 5.41. The Morgan fingerprint density at radius 2 is 1.78 bits per heavy atom. The molecule has 1 aromatic carbocycles. The van der Waals surface area contributed by atoms with Gasteiger partial charge in [-0.15, -0.1) is 0 Å². The van der Waals surface area contributed by atoms with E-state index in [9.17, 15) is 10.1 Å². The van der Waals surface area contributed by atoms with E-state index in [4.69, 9.17) is 58.0 Å². The zero-order chi connectivity index (χ0) is 13.9. The van der Waals surface area contributed by atoms with Gasteiger partial charge < -0.3 is 0 Å². The maximum atomic E-state index is 10.5. The molecule has 0 heterocycles. The van der Waals surface area contributed by atoms with Crippen LogP contribution in [0.25, 0.3) is 0 Å². The molecule has 0 saturated heterocycles. The third kappa shape index (κ3) is 4.44. The van der Waals surface area contributed by atoms with Crippen LogP contribution in [0.3, 0.4) is 0 Å². The first kappa shape index (κ1) is 15.8. The second-order valence-electron chi connectivity index (χ2n) is 3.10. The van der Waals surface area contributed by atoms with Crippen LogP contribution in [0.1, 0.15) is 5.56 Å². The smallest absolute Gasteiger partial charge is 0.258 e. The molecule has 0 radical (unpaired) electrons. The second-order valence-corrected chi connectivity index (χ2v) is 6.24. The zero-order valence-corrected chi connectivity index (χ0v) is 12.3. The zero-order valence-electron chi connectivity index (χ0n) is 8.49. The van der Waals surface area contributed by atoms with Gasteiger partial charge in [0.2, 0.25) is 3.79 Å². The van der Waals surface area contributed by atoms with Crippen molar-refractivity contribution in [1.29, 1.82) is 0 Å². The summed E-state index contributed by atoms with van der Waals surface area (Å²) in [5.41, 5.74) is -0.792. The summed E-state index contributed by atoms with van der Waals surface area (Å²) in [6.07, 6.45) is 0. The highest BCUT2D eigenvalue weighted by molar-refractivity contribution is 6.72. The van der Waals surface area contributed by atoms with Crippen molar-refractivity contribution in [2.24, 2.45) is 4.99 Å². The molecule has 0 fully saturated rings. The molecule has 0 bridgehead atoms. The van der Waals surface area contributed by atoms with Crippen molar-refractivity contribution in [2.75, 3.05) is 0 Å². The summed E-state index contributed by atoms with van der Waals surface area (Å²) in [6.45, 7) is 0. The lowest BCUT2D eigenvalue weighted by Crippen LogP contribution is -2.18. The van der Waals surface area contributed by atoms with Crippen LogP contribution in [0.4, 0.5) is 5.69 Å². The molecule has 1 atom stereocenters. The van der Waals surface area contributed by atoms with E-state index >= 15 is 0 Å². The third-order valence-electron chi connectivity index (χ3n) is 1.81. The fourth-order valence-corrected chi connectivity index (χ4v) is 1.49. The summed E-state index contributed by atoms with van der Waals surface area (Å²) in [5, 5.41) is 10.5. The minimum Gasteiger partial charge on any atom is -0.258 e. The van der Waals surface area contributed by atoms with Gasteiger partial charge in [0, 0.05) is 17.7 Å². The van der Waals surface area contributed by atoms with Crippen LogP contribution in [-0.4, -0.2) is 19.4 Å². The predicted octanol–water partition coefficient (Wildman–Crippen LogP) is 4.52. The van der Waals surface area contributed by atoms with E-state index in [1.54, 1.807) is 0 Å². The molecular formula is C9H5Cl5N2O2. The molecule has 0 aliphatic heterocycles. The largest absolute Gasteiger partial charge is 0.269 e. The molecule has 9 heteroatoms. The molecule has 0 aliphatic carbocycles. The van der Waals surface area contributed by atoms with Crippen molar-refractivity contribution in [3.63, 3.8) is 0 Å². The maximum absolute atomic E-state index is 10.5. The number of halogens is 5. The van der Waals surface area contributed by atoms with Crippen molar-refractivity contribution in [3.8, 4) is 0 Å². The van der Waals surface area contributed by atoms with Crippen LogP contribution in [0.15, 0.2) is 29.3 Å². The molecule has 0 saturated carbocycles. The molecule has 1 aromatic rings. The Morgan fingerprint density at radius 1 is 1.28 bits per heavy atom. The van der Waals surface area contributed by atoms with Crippen molar-refractivity contribution >= 4 is 68.9 Å². The van der Waals surface area contributed by atoms with Crippen molar-refractivity contribution in [3.05, 3.63) is 39.9 Å². The van der Waals surface area contributed by atoms with Crippen molar-refractivity contribution in [2.45, 2.75) is 9.29 Å². The van der Waals surface area contributed by atoms with Gasteiger partial charge >= 0.3 is 0 Å². The molecule has 18 heavy (non-hydrogen) atoms. The first-order valence-corrected chi connectivity index (χ1v) is 6.35. The van der Waals surface area contributed by atoms with Gasteiger partial charge in [-0.2, -0.15) is 0 Å². The third-order valence-corrected chi connectivity index (χ3v) is 3.51. The number of rotatable bonds is 3. The highest BCUT2D eigenvalue weighted by atomic mass is 35.6.